The quantitative estimate of drug-likeness (QED) is 0.333. The van der Waals surface area contributed by atoms with Gasteiger partial charge in [-0.3, -0.25) is 9.69 Å². The first-order valence-electron chi connectivity index (χ1n) is 7.98. The highest BCUT2D eigenvalue weighted by Crippen LogP contribution is 2.12. The fourth-order valence-corrected chi connectivity index (χ4v) is 2.40. The van der Waals surface area contributed by atoms with Gasteiger partial charge >= 0.3 is 5.97 Å². The Morgan fingerprint density at radius 2 is 1.91 bits per heavy atom. The van der Waals surface area contributed by atoms with E-state index in [9.17, 15) is 9.59 Å². The predicted octanol–water partition coefficient (Wildman–Crippen LogP) is 1.92. The van der Waals surface area contributed by atoms with Crippen LogP contribution >= 0.6 is 0 Å². The summed E-state index contributed by atoms with van der Waals surface area (Å²) >= 11 is 0. The number of ketones is 1. The number of benzene rings is 1. The second-order valence-corrected chi connectivity index (χ2v) is 5.32. The van der Waals surface area contributed by atoms with Crippen molar-refractivity contribution in [2.24, 2.45) is 0 Å². The van der Waals surface area contributed by atoms with E-state index in [0.717, 1.165) is 18.7 Å². The summed E-state index contributed by atoms with van der Waals surface area (Å²) in [6.07, 6.45) is 1.91. The molecule has 0 spiro atoms. The smallest absolute Gasteiger partial charge is 0.341 e. The van der Waals surface area contributed by atoms with Crippen molar-refractivity contribution in [3.05, 3.63) is 41.5 Å². The molecule has 1 aliphatic rings. The van der Waals surface area contributed by atoms with Gasteiger partial charge in [-0.05, 0) is 18.6 Å². The van der Waals surface area contributed by atoms with Crippen LogP contribution in [0.15, 0.2) is 35.9 Å². The van der Waals surface area contributed by atoms with E-state index >= 15 is 0 Å². The molecule has 0 bridgehead atoms. The Kier molecular flexibility index (Phi) is 6.97. The SMILES string of the molecule is CCOC(=O)C(=Cc1ccccc1)C(=O)CCN1CCOCC1. The van der Waals surface area contributed by atoms with E-state index < -0.39 is 5.97 Å². The average Bonchev–Trinajstić information content (AvgIpc) is 2.59. The van der Waals surface area contributed by atoms with Gasteiger partial charge in [0.05, 0.1) is 19.8 Å². The van der Waals surface area contributed by atoms with Crippen molar-refractivity contribution in [1.29, 1.82) is 0 Å². The Hall–Kier alpha value is -1.98. The maximum atomic E-state index is 12.5. The van der Waals surface area contributed by atoms with E-state index in [4.69, 9.17) is 9.47 Å². The molecule has 1 saturated heterocycles. The monoisotopic (exact) mass is 317 g/mol. The summed E-state index contributed by atoms with van der Waals surface area (Å²) in [5, 5.41) is 0. The zero-order valence-electron chi connectivity index (χ0n) is 13.5. The molecule has 1 aromatic rings. The van der Waals surface area contributed by atoms with Crippen LogP contribution in [0, 0.1) is 0 Å². The minimum absolute atomic E-state index is 0.117. The fourth-order valence-electron chi connectivity index (χ4n) is 2.40. The first kappa shape index (κ1) is 17.4. The predicted molar refractivity (Wildman–Crippen MR) is 87.9 cm³/mol. The largest absolute Gasteiger partial charge is 0.462 e. The summed E-state index contributed by atoms with van der Waals surface area (Å²) < 4.78 is 10.3. The van der Waals surface area contributed by atoms with Crippen LogP contribution in [0.25, 0.3) is 6.08 Å². The van der Waals surface area contributed by atoms with Crippen molar-refractivity contribution in [3.63, 3.8) is 0 Å². The van der Waals surface area contributed by atoms with Crippen LogP contribution in [0.1, 0.15) is 18.9 Å². The van der Waals surface area contributed by atoms with Gasteiger partial charge in [0.25, 0.3) is 0 Å². The maximum Gasteiger partial charge on any atom is 0.341 e. The standard InChI is InChI=1S/C18H23NO4/c1-2-23-18(21)16(14-15-6-4-3-5-7-15)17(20)8-9-19-10-12-22-13-11-19/h3-7,14H,2,8-13H2,1H3. The van der Waals surface area contributed by atoms with Gasteiger partial charge in [0, 0.05) is 26.1 Å². The van der Waals surface area contributed by atoms with Gasteiger partial charge in [0.15, 0.2) is 5.78 Å². The van der Waals surface area contributed by atoms with Gasteiger partial charge in [-0.25, -0.2) is 4.79 Å². The lowest BCUT2D eigenvalue weighted by molar-refractivity contribution is -0.139. The molecule has 2 rings (SSSR count). The van der Waals surface area contributed by atoms with Gasteiger partial charge < -0.3 is 9.47 Å². The Balaban J connectivity index is 2.04. The molecule has 1 heterocycles. The third kappa shape index (κ3) is 5.62. The van der Waals surface area contributed by atoms with Crippen molar-refractivity contribution in [1.82, 2.24) is 4.90 Å². The minimum Gasteiger partial charge on any atom is -0.462 e. The van der Waals surface area contributed by atoms with Gasteiger partial charge in [-0.1, -0.05) is 30.3 Å². The molecule has 0 radical (unpaired) electrons. The number of carbonyl (C=O) groups is 2. The summed E-state index contributed by atoms with van der Waals surface area (Å²) in [6.45, 7) is 5.65. The lowest BCUT2D eigenvalue weighted by atomic mass is 10.0. The third-order valence-electron chi connectivity index (χ3n) is 3.67. The number of rotatable bonds is 7. The van der Waals surface area contributed by atoms with E-state index in [1.807, 2.05) is 30.3 Å². The molecule has 1 aromatic carbocycles. The number of Topliss-reactive ketones (excluding diaryl/α,β-unsaturated/α-hetero) is 1. The highest BCUT2D eigenvalue weighted by atomic mass is 16.5. The number of hydrogen-bond acceptors (Lipinski definition) is 5. The van der Waals surface area contributed by atoms with Gasteiger partial charge in [-0.2, -0.15) is 0 Å². The van der Waals surface area contributed by atoms with Gasteiger partial charge in [-0.15, -0.1) is 0 Å². The molecule has 0 unspecified atom stereocenters. The third-order valence-corrected chi connectivity index (χ3v) is 3.67. The Morgan fingerprint density at radius 3 is 2.57 bits per heavy atom. The second kappa shape index (κ2) is 9.22. The second-order valence-electron chi connectivity index (χ2n) is 5.32. The molecule has 0 saturated carbocycles. The summed E-state index contributed by atoms with van der Waals surface area (Å²) in [5.41, 5.74) is 0.932. The zero-order chi connectivity index (χ0) is 16.5. The molecule has 0 N–H and O–H groups in total. The van der Waals surface area contributed by atoms with Crippen LogP contribution in [-0.4, -0.2) is 56.1 Å². The van der Waals surface area contributed by atoms with Crippen molar-refractivity contribution >= 4 is 17.8 Å². The van der Waals surface area contributed by atoms with Crippen LogP contribution in [0.2, 0.25) is 0 Å². The van der Waals surface area contributed by atoms with Crippen molar-refractivity contribution in [3.8, 4) is 0 Å². The lowest BCUT2D eigenvalue weighted by Crippen LogP contribution is -2.37. The lowest BCUT2D eigenvalue weighted by Gasteiger charge is -2.26. The highest BCUT2D eigenvalue weighted by Gasteiger charge is 2.21. The van der Waals surface area contributed by atoms with Crippen LogP contribution in [-0.2, 0) is 19.1 Å². The highest BCUT2D eigenvalue weighted by molar-refractivity contribution is 6.20. The van der Waals surface area contributed by atoms with Crippen LogP contribution in [0.5, 0.6) is 0 Å². The van der Waals surface area contributed by atoms with Crippen molar-refractivity contribution in [2.45, 2.75) is 13.3 Å². The summed E-state index contributed by atoms with van der Waals surface area (Å²) in [5.74, 6) is -0.734. The maximum absolute atomic E-state index is 12.5. The Labute approximate surface area is 136 Å². The zero-order valence-corrected chi connectivity index (χ0v) is 13.5. The number of hydrogen-bond donors (Lipinski definition) is 0. The molecule has 0 aliphatic carbocycles. The van der Waals surface area contributed by atoms with E-state index in [1.54, 1.807) is 13.0 Å². The molecule has 0 atom stereocenters. The molecule has 0 aromatic heterocycles. The number of morpholine rings is 1. The molecule has 1 fully saturated rings. The average molecular weight is 317 g/mol. The summed E-state index contributed by atoms with van der Waals surface area (Å²) in [4.78, 5) is 26.7. The molecule has 0 amide bonds. The minimum atomic E-state index is -0.552. The van der Waals surface area contributed by atoms with Crippen LogP contribution < -0.4 is 0 Å². The Morgan fingerprint density at radius 1 is 1.22 bits per heavy atom. The van der Waals surface area contributed by atoms with E-state index in [2.05, 4.69) is 4.90 Å². The molecule has 5 nitrogen and oxygen atoms in total. The van der Waals surface area contributed by atoms with Crippen LogP contribution in [0.3, 0.4) is 0 Å². The van der Waals surface area contributed by atoms with E-state index in [0.29, 0.717) is 26.2 Å². The van der Waals surface area contributed by atoms with Crippen molar-refractivity contribution in [2.75, 3.05) is 39.5 Å². The molecular formula is C18H23NO4. The van der Waals surface area contributed by atoms with Gasteiger partial charge in [0.2, 0.25) is 0 Å². The molecule has 124 valence electrons. The number of nitrogens with zero attached hydrogens (tertiary/aromatic N) is 1. The van der Waals surface area contributed by atoms with E-state index in [-0.39, 0.29) is 18.0 Å². The van der Waals surface area contributed by atoms with Gasteiger partial charge in [0.1, 0.15) is 5.57 Å². The molecule has 5 heteroatoms. The summed E-state index contributed by atoms with van der Waals surface area (Å²) in [6, 6.07) is 9.34. The number of ether oxygens (including phenoxy) is 2. The topological polar surface area (TPSA) is 55.8 Å². The van der Waals surface area contributed by atoms with E-state index in [1.165, 1.54) is 0 Å². The van der Waals surface area contributed by atoms with Crippen molar-refractivity contribution < 1.29 is 19.1 Å². The van der Waals surface area contributed by atoms with Crippen LogP contribution in [0.4, 0.5) is 0 Å². The molecular weight excluding hydrogens is 294 g/mol. The first-order valence-corrected chi connectivity index (χ1v) is 7.98. The fraction of sp³-hybridized carbons (Fsp3) is 0.444. The Bertz CT molecular complexity index is 547. The normalized spacial score (nSPS) is 16.1. The first-order chi connectivity index (χ1) is 11.2. The molecule has 23 heavy (non-hydrogen) atoms. The molecule has 1 aliphatic heterocycles. The number of esters is 1. The summed E-state index contributed by atoms with van der Waals surface area (Å²) in [7, 11) is 0. The number of carbonyl (C=O) groups excluding carboxylic acids is 2.